The normalized spacial score (nSPS) is 18.1. The van der Waals surface area contributed by atoms with Crippen LogP contribution in [0.1, 0.15) is 44.7 Å². The Kier molecular flexibility index (Phi) is 7.02. The van der Waals surface area contributed by atoms with Gasteiger partial charge >= 0.3 is 0 Å². The van der Waals surface area contributed by atoms with Crippen molar-refractivity contribution in [1.82, 2.24) is 5.32 Å². The number of carbonyl (C=O) groups is 1. The van der Waals surface area contributed by atoms with Gasteiger partial charge in [0, 0.05) is 37.1 Å². The quantitative estimate of drug-likeness (QED) is 0.587. The molecule has 2 heterocycles. The Labute approximate surface area is 206 Å². The fourth-order valence-electron chi connectivity index (χ4n) is 4.41. The largest absolute Gasteiger partial charge is 0.497 e. The zero-order valence-electron chi connectivity index (χ0n) is 20.5. The standard InChI is InChI=1S/C25H32N2O7S/c1-25(2)16-20(19-9-8-18(31-3)15-22(19)34-25)26-24(28)6-5-11-27(35(4,29)30)17-7-10-21-23(14-17)33-13-12-32-21/h7-10,14-15,20H,5-6,11-13,16H2,1-4H3,(H,26,28). The average Bonchev–Trinajstić information content (AvgIpc) is 2.79. The van der Waals surface area contributed by atoms with Crippen molar-refractivity contribution in [3.63, 3.8) is 0 Å². The Balaban J connectivity index is 1.41. The van der Waals surface area contributed by atoms with Crippen molar-refractivity contribution in [3.05, 3.63) is 42.0 Å². The molecule has 0 aliphatic carbocycles. The molecule has 0 fully saturated rings. The molecule has 2 aromatic carbocycles. The van der Waals surface area contributed by atoms with E-state index in [0.29, 0.717) is 54.7 Å². The van der Waals surface area contributed by atoms with Crippen LogP contribution in [0, 0.1) is 0 Å². The number of benzene rings is 2. The summed E-state index contributed by atoms with van der Waals surface area (Å²) in [6.07, 6.45) is 2.30. The van der Waals surface area contributed by atoms with E-state index in [-0.39, 0.29) is 24.9 Å². The van der Waals surface area contributed by atoms with Crippen molar-refractivity contribution in [2.75, 3.05) is 37.4 Å². The van der Waals surface area contributed by atoms with Gasteiger partial charge < -0.3 is 24.3 Å². The Morgan fingerprint density at radius 3 is 2.57 bits per heavy atom. The maximum atomic E-state index is 12.8. The van der Waals surface area contributed by atoms with Crippen LogP contribution in [0.3, 0.4) is 0 Å². The first-order valence-corrected chi connectivity index (χ1v) is 13.4. The number of amides is 1. The number of nitrogens with one attached hydrogen (secondary N) is 1. The lowest BCUT2D eigenvalue weighted by molar-refractivity contribution is -0.122. The highest BCUT2D eigenvalue weighted by atomic mass is 32.2. The van der Waals surface area contributed by atoms with Crippen LogP contribution < -0.4 is 28.6 Å². The topological polar surface area (TPSA) is 103 Å². The van der Waals surface area contributed by atoms with Gasteiger partial charge in [0.15, 0.2) is 11.5 Å². The van der Waals surface area contributed by atoms with Gasteiger partial charge in [0.05, 0.1) is 25.1 Å². The fourth-order valence-corrected chi connectivity index (χ4v) is 5.37. The molecule has 0 saturated carbocycles. The molecule has 2 aliphatic rings. The second kappa shape index (κ2) is 9.85. The van der Waals surface area contributed by atoms with Crippen LogP contribution in [0.4, 0.5) is 5.69 Å². The summed E-state index contributed by atoms with van der Waals surface area (Å²) in [7, 11) is -1.96. The summed E-state index contributed by atoms with van der Waals surface area (Å²) in [5, 5.41) is 3.10. The highest BCUT2D eigenvalue weighted by Crippen LogP contribution is 2.41. The minimum Gasteiger partial charge on any atom is -0.497 e. The lowest BCUT2D eigenvalue weighted by Crippen LogP contribution is -2.41. The minimum absolute atomic E-state index is 0.148. The second-order valence-corrected chi connectivity index (χ2v) is 11.3. The molecule has 0 aromatic heterocycles. The lowest BCUT2D eigenvalue weighted by atomic mass is 9.89. The zero-order valence-corrected chi connectivity index (χ0v) is 21.3. The molecular weight excluding hydrogens is 472 g/mol. The van der Waals surface area contributed by atoms with E-state index >= 15 is 0 Å². The molecule has 0 saturated heterocycles. The van der Waals surface area contributed by atoms with Crippen molar-refractivity contribution in [1.29, 1.82) is 0 Å². The average molecular weight is 505 g/mol. The molecule has 0 radical (unpaired) electrons. The zero-order chi connectivity index (χ0) is 25.2. The van der Waals surface area contributed by atoms with E-state index in [1.807, 2.05) is 32.0 Å². The summed E-state index contributed by atoms with van der Waals surface area (Å²) in [4.78, 5) is 12.8. The molecule has 0 spiro atoms. The van der Waals surface area contributed by atoms with E-state index < -0.39 is 15.6 Å². The summed E-state index contributed by atoms with van der Waals surface area (Å²) in [6, 6.07) is 10.4. The number of anilines is 1. The molecular formula is C25H32N2O7S. The monoisotopic (exact) mass is 504 g/mol. The molecule has 1 unspecified atom stereocenters. The second-order valence-electron chi connectivity index (χ2n) is 9.36. The van der Waals surface area contributed by atoms with Gasteiger partial charge in [-0.05, 0) is 44.5 Å². The summed E-state index contributed by atoms with van der Waals surface area (Å²) < 4.78 is 48.7. The maximum absolute atomic E-state index is 12.8. The Hall–Kier alpha value is -3.14. The smallest absolute Gasteiger partial charge is 0.232 e. The predicted molar refractivity (Wildman–Crippen MR) is 132 cm³/mol. The van der Waals surface area contributed by atoms with E-state index in [2.05, 4.69) is 5.32 Å². The molecule has 1 atom stereocenters. The molecule has 1 N–H and O–H groups in total. The van der Waals surface area contributed by atoms with Gasteiger partial charge in [-0.25, -0.2) is 8.42 Å². The number of sulfonamides is 1. The van der Waals surface area contributed by atoms with Crippen molar-refractivity contribution < 1.29 is 32.2 Å². The van der Waals surface area contributed by atoms with E-state index in [9.17, 15) is 13.2 Å². The highest BCUT2D eigenvalue weighted by molar-refractivity contribution is 7.92. The van der Waals surface area contributed by atoms with Gasteiger partial charge in [0.1, 0.15) is 30.3 Å². The summed E-state index contributed by atoms with van der Waals surface area (Å²) in [6.45, 7) is 4.99. The van der Waals surface area contributed by atoms with Crippen LogP contribution in [-0.2, 0) is 14.8 Å². The van der Waals surface area contributed by atoms with Crippen molar-refractivity contribution in [2.45, 2.75) is 44.8 Å². The number of ether oxygens (including phenoxy) is 4. The van der Waals surface area contributed by atoms with Gasteiger partial charge in [-0.2, -0.15) is 0 Å². The van der Waals surface area contributed by atoms with Crippen molar-refractivity contribution in [2.24, 2.45) is 0 Å². The maximum Gasteiger partial charge on any atom is 0.232 e. The number of carbonyl (C=O) groups excluding carboxylic acids is 1. The molecule has 9 nitrogen and oxygen atoms in total. The summed E-state index contributed by atoms with van der Waals surface area (Å²) in [5.41, 5.74) is 0.918. The SMILES string of the molecule is COc1ccc2c(c1)OC(C)(C)CC2NC(=O)CCCN(c1ccc2c(c1)OCCO2)S(C)(=O)=O. The van der Waals surface area contributed by atoms with Gasteiger partial charge in [-0.1, -0.05) is 0 Å². The van der Waals surface area contributed by atoms with Crippen LogP contribution >= 0.6 is 0 Å². The summed E-state index contributed by atoms with van der Waals surface area (Å²) in [5.74, 6) is 2.33. The third-order valence-electron chi connectivity index (χ3n) is 5.99. The molecule has 1 amide bonds. The number of hydrogen-bond donors (Lipinski definition) is 1. The fraction of sp³-hybridized carbons (Fsp3) is 0.480. The van der Waals surface area contributed by atoms with Crippen LogP contribution in [0.25, 0.3) is 0 Å². The Morgan fingerprint density at radius 1 is 1.11 bits per heavy atom. The molecule has 4 rings (SSSR count). The van der Waals surface area contributed by atoms with E-state index in [0.717, 1.165) is 11.8 Å². The number of nitrogens with zero attached hydrogens (tertiary/aromatic N) is 1. The van der Waals surface area contributed by atoms with E-state index in [4.69, 9.17) is 18.9 Å². The third kappa shape index (κ3) is 5.93. The van der Waals surface area contributed by atoms with Gasteiger partial charge in [0.25, 0.3) is 0 Å². The number of rotatable bonds is 8. The number of hydrogen-bond acceptors (Lipinski definition) is 7. The van der Waals surface area contributed by atoms with Crippen LogP contribution in [0.5, 0.6) is 23.0 Å². The number of fused-ring (bicyclic) bond motifs is 2. The first kappa shape index (κ1) is 25.0. The Morgan fingerprint density at radius 2 is 1.86 bits per heavy atom. The van der Waals surface area contributed by atoms with E-state index in [1.54, 1.807) is 25.3 Å². The van der Waals surface area contributed by atoms with Crippen LogP contribution in [-0.4, -0.2) is 53.1 Å². The Bertz CT molecular complexity index is 1200. The lowest BCUT2D eigenvalue weighted by Gasteiger charge is -2.38. The predicted octanol–water partition coefficient (Wildman–Crippen LogP) is 3.43. The number of methoxy groups -OCH3 is 1. The highest BCUT2D eigenvalue weighted by Gasteiger charge is 2.34. The first-order chi connectivity index (χ1) is 16.6. The molecule has 2 aliphatic heterocycles. The minimum atomic E-state index is -3.55. The van der Waals surface area contributed by atoms with Crippen LogP contribution in [0.2, 0.25) is 0 Å². The van der Waals surface area contributed by atoms with Gasteiger partial charge in [0.2, 0.25) is 15.9 Å². The molecule has 2 aromatic rings. The summed E-state index contributed by atoms with van der Waals surface area (Å²) >= 11 is 0. The van der Waals surface area contributed by atoms with E-state index in [1.165, 1.54) is 4.31 Å². The van der Waals surface area contributed by atoms with Crippen molar-refractivity contribution in [3.8, 4) is 23.0 Å². The first-order valence-electron chi connectivity index (χ1n) is 11.6. The third-order valence-corrected chi connectivity index (χ3v) is 7.19. The molecule has 190 valence electrons. The molecule has 10 heteroatoms. The van der Waals surface area contributed by atoms with Crippen LogP contribution in [0.15, 0.2) is 36.4 Å². The molecule has 35 heavy (non-hydrogen) atoms. The molecule has 0 bridgehead atoms. The van der Waals surface area contributed by atoms with Gasteiger partial charge in [-0.15, -0.1) is 0 Å². The van der Waals surface area contributed by atoms with Gasteiger partial charge in [-0.3, -0.25) is 9.10 Å². The van der Waals surface area contributed by atoms with Crippen molar-refractivity contribution >= 4 is 21.6 Å².